The highest BCUT2D eigenvalue weighted by atomic mass is 16.5. The Kier molecular flexibility index (Phi) is 5.92. The zero-order chi connectivity index (χ0) is 14.5. The van der Waals surface area contributed by atoms with Crippen molar-refractivity contribution >= 4 is 0 Å². The molecule has 0 aromatic heterocycles. The summed E-state index contributed by atoms with van der Waals surface area (Å²) in [7, 11) is 0. The molecule has 1 heterocycles. The lowest BCUT2D eigenvalue weighted by atomic mass is 9.90. The molecule has 0 radical (unpaired) electrons. The minimum Gasteiger partial charge on any atom is -0.356 e. The lowest BCUT2D eigenvalue weighted by molar-refractivity contribution is -0.0777. The van der Waals surface area contributed by atoms with Gasteiger partial charge in [0.05, 0.1) is 6.10 Å². The molecule has 2 nitrogen and oxygen atoms in total. The monoisotopic (exact) mass is 281 g/mol. The molecule has 0 amide bonds. The van der Waals surface area contributed by atoms with E-state index in [4.69, 9.17) is 4.74 Å². The van der Waals surface area contributed by atoms with Crippen LogP contribution in [0.15, 0.2) is 0 Å². The van der Waals surface area contributed by atoms with Crippen molar-refractivity contribution in [2.24, 2.45) is 0 Å². The van der Waals surface area contributed by atoms with E-state index in [9.17, 15) is 0 Å². The predicted molar refractivity (Wildman–Crippen MR) is 85.9 cm³/mol. The van der Waals surface area contributed by atoms with E-state index in [2.05, 4.69) is 26.1 Å². The maximum atomic E-state index is 6.52. The molecule has 1 saturated carbocycles. The molecule has 118 valence electrons. The van der Waals surface area contributed by atoms with E-state index in [1.54, 1.807) is 0 Å². The summed E-state index contributed by atoms with van der Waals surface area (Å²) in [6.07, 6.45) is 16.4. The van der Waals surface area contributed by atoms with Crippen LogP contribution in [0.1, 0.15) is 97.8 Å². The van der Waals surface area contributed by atoms with E-state index >= 15 is 0 Å². The Morgan fingerprint density at radius 1 is 0.950 bits per heavy atom. The van der Waals surface area contributed by atoms with E-state index in [1.165, 1.54) is 77.0 Å². The van der Waals surface area contributed by atoms with Gasteiger partial charge < -0.3 is 4.74 Å². The highest BCUT2D eigenvalue weighted by molar-refractivity contribution is 5.01. The number of rotatable bonds is 7. The Bertz CT molecular complexity index is 281. The lowest BCUT2D eigenvalue weighted by Gasteiger charge is -2.34. The van der Waals surface area contributed by atoms with Gasteiger partial charge >= 0.3 is 0 Å². The Labute approximate surface area is 126 Å². The first-order chi connectivity index (χ1) is 9.58. The zero-order valence-electron chi connectivity index (χ0n) is 14.0. The highest BCUT2D eigenvalue weighted by Gasteiger charge is 2.49. The predicted octanol–water partition coefficient (Wildman–Crippen LogP) is 5.16. The van der Waals surface area contributed by atoms with Crippen molar-refractivity contribution in [1.82, 2.24) is 5.32 Å². The van der Waals surface area contributed by atoms with Gasteiger partial charge in [-0.1, -0.05) is 51.9 Å². The quantitative estimate of drug-likeness (QED) is 0.650. The molecule has 1 unspecified atom stereocenters. The van der Waals surface area contributed by atoms with Crippen LogP contribution in [-0.4, -0.2) is 17.4 Å². The third-order valence-corrected chi connectivity index (χ3v) is 5.20. The van der Waals surface area contributed by atoms with Crippen molar-refractivity contribution in [3.63, 3.8) is 0 Å². The summed E-state index contributed by atoms with van der Waals surface area (Å²) in [4.78, 5) is 0. The number of nitrogens with one attached hydrogen (secondary N) is 1. The van der Waals surface area contributed by atoms with Crippen LogP contribution in [0.5, 0.6) is 0 Å². The summed E-state index contributed by atoms with van der Waals surface area (Å²) in [6.45, 7) is 6.94. The molecule has 0 bridgehead atoms. The molecule has 2 aliphatic rings. The fourth-order valence-corrected chi connectivity index (χ4v) is 4.01. The second-order valence-electron chi connectivity index (χ2n) is 7.56. The van der Waals surface area contributed by atoms with Gasteiger partial charge in [-0.05, 0) is 46.0 Å². The minimum absolute atomic E-state index is 0.0224. The first-order valence-corrected chi connectivity index (χ1v) is 9.05. The van der Waals surface area contributed by atoms with Gasteiger partial charge in [0.15, 0.2) is 0 Å². The molecule has 1 N–H and O–H groups in total. The van der Waals surface area contributed by atoms with Crippen LogP contribution in [0, 0.1) is 0 Å². The SMILES string of the molecule is CCCCCCCCC1OC2(CCCCC2)NC1(C)C. The second-order valence-corrected chi connectivity index (χ2v) is 7.56. The molecule has 0 aromatic rings. The highest BCUT2D eigenvalue weighted by Crippen LogP contribution is 2.40. The maximum absolute atomic E-state index is 6.52. The van der Waals surface area contributed by atoms with Gasteiger partial charge in [-0.25, -0.2) is 0 Å². The summed E-state index contributed by atoms with van der Waals surface area (Å²) < 4.78 is 6.52. The Balaban J connectivity index is 1.73. The van der Waals surface area contributed by atoms with Crippen LogP contribution in [0.4, 0.5) is 0 Å². The van der Waals surface area contributed by atoms with E-state index in [1.807, 2.05) is 0 Å². The Hall–Kier alpha value is -0.0800. The van der Waals surface area contributed by atoms with Crippen LogP contribution in [0.3, 0.4) is 0 Å². The summed E-state index contributed by atoms with van der Waals surface area (Å²) >= 11 is 0. The number of ether oxygens (including phenoxy) is 1. The van der Waals surface area contributed by atoms with Crippen molar-refractivity contribution in [1.29, 1.82) is 0 Å². The van der Waals surface area contributed by atoms with Crippen LogP contribution in [-0.2, 0) is 4.74 Å². The molecule has 1 saturated heterocycles. The van der Waals surface area contributed by atoms with Crippen molar-refractivity contribution in [3.8, 4) is 0 Å². The van der Waals surface area contributed by atoms with E-state index in [-0.39, 0.29) is 11.3 Å². The molecule has 1 atom stereocenters. The minimum atomic E-state index is 0.0224. The molecule has 1 spiro atoms. The zero-order valence-corrected chi connectivity index (χ0v) is 14.0. The average molecular weight is 281 g/mol. The average Bonchev–Trinajstić information content (AvgIpc) is 2.65. The van der Waals surface area contributed by atoms with Crippen LogP contribution < -0.4 is 5.32 Å². The van der Waals surface area contributed by atoms with Crippen LogP contribution in [0.25, 0.3) is 0 Å². The number of hydrogen-bond acceptors (Lipinski definition) is 2. The molecular weight excluding hydrogens is 246 g/mol. The standard InChI is InChI=1S/C18H35NO/c1-4-5-6-7-8-10-13-16-17(2,3)19-18(20-16)14-11-9-12-15-18/h16,19H,4-15H2,1-3H3. The topological polar surface area (TPSA) is 21.3 Å². The van der Waals surface area contributed by atoms with E-state index < -0.39 is 0 Å². The number of unbranched alkanes of at least 4 members (excludes halogenated alkanes) is 5. The lowest BCUT2D eigenvalue weighted by Crippen LogP contribution is -2.50. The van der Waals surface area contributed by atoms with Gasteiger partial charge in [0.2, 0.25) is 0 Å². The molecule has 0 aromatic carbocycles. The third kappa shape index (κ3) is 4.21. The first-order valence-electron chi connectivity index (χ1n) is 9.05. The van der Waals surface area contributed by atoms with Gasteiger partial charge in [-0.3, -0.25) is 5.32 Å². The number of hydrogen-bond donors (Lipinski definition) is 1. The van der Waals surface area contributed by atoms with Gasteiger partial charge in [0, 0.05) is 5.54 Å². The van der Waals surface area contributed by atoms with Crippen LogP contribution >= 0.6 is 0 Å². The van der Waals surface area contributed by atoms with Crippen molar-refractivity contribution < 1.29 is 4.74 Å². The fourth-order valence-electron chi connectivity index (χ4n) is 4.01. The molecule has 2 fully saturated rings. The van der Waals surface area contributed by atoms with Gasteiger partial charge in [-0.15, -0.1) is 0 Å². The molecule has 2 heteroatoms. The second kappa shape index (κ2) is 7.26. The van der Waals surface area contributed by atoms with Gasteiger partial charge in [-0.2, -0.15) is 0 Å². The van der Waals surface area contributed by atoms with Crippen molar-refractivity contribution in [2.75, 3.05) is 0 Å². The summed E-state index contributed by atoms with van der Waals surface area (Å²) in [5, 5.41) is 3.83. The molecular formula is C18H35NO. The van der Waals surface area contributed by atoms with Crippen molar-refractivity contribution in [3.05, 3.63) is 0 Å². The summed E-state index contributed by atoms with van der Waals surface area (Å²) in [6, 6.07) is 0. The Morgan fingerprint density at radius 2 is 1.60 bits per heavy atom. The molecule has 1 aliphatic carbocycles. The van der Waals surface area contributed by atoms with Gasteiger partial charge in [0.25, 0.3) is 0 Å². The molecule has 20 heavy (non-hydrogen) atoms. The Morgan fingerprint density at radius 3 is 2.30 bits per heavy atom. The molecule has 2 rings (SSSR count). The smallest absolute Gasteiger partial charge is 0.120 e. The fraction of sp³-hybridized carbons (Fsp3) is 1.00. The van der Waals surface area contributed by atoms with Gasteiger partial charge in [0.1, 0.15) is 5.72 Å². The van der Waals surface area contributed by atoms with E-state index in [0.29, 0.717) is 6.10 Å². The van der Waals surface area contributed by atoms with Crippen molar-refractivity contribution in [2.45, 2.75) is 115 Å². The third-order valence-electron chi connectivity index (χ3n) is 5.20. The van der Waals surface area contributed by atoms with E-state index in [0.717, 1.165) is 0 Å². The summed E-state index contributed by atoms with van der Waals surface area (Å²) in [5.74, 6) is 0. The first kappa shape index (κ1) is 16.3. The normalized spacial score (nSPS) is 28.1. The van der Waals surface area contributed by atoms with Crippen LogP contribution in [0.2, 0.25) is 0 Å². The maximum Gasteiger partial charge on any atom is 0.120 e. The molecule has 1 aliphatic heterocycles. The summed E-state index contributed by atoms with van der Waals surface area (Å²) in [5.41, 5.74) is 0.176. The largest absolute Gasteiger partial charge is 0.356 e.